The average Bonchev–Trinajstić information content (AvgIpc) is 2.82. The van der Waals surface area contributed by atoms with Crippen LogP contribution in [-0.4, -0.2) is 15.1 Å². The molecule has 2 N–H and O–H groups in total. The number of anilines is 2. The van der Waals surface area contributed by atoms with E-state index in [9.17, 15) is 5.11 Å². The van der Waals surface area contributed by atoms with Crippen LogP contribution in [0.4, 0.5) is 11.5 Å². The molecule has 4 nitrogen and oxygen atoms in total. The highest BCUT2D eigenvalue weighted by Crippen LogP contribution is 2.32. The Balaban J connectivity index is 2.08. The minimum atomic E-state index is 0.200. The summed E-state index contributed by atoms with van der Waals surface area (Å²) in [5.41, 5.74) is 0.755. The first-order valence-electron chi connectivity index (χ1n) is 6.17. The molecule has 0 radical (unpaired) electrons. The molecule has 3 aromatic rings. The summed E-state index contributed by atoms with van der Waals surface area (Å²) in [5, 5.41) is 13.8. The summed E-state index contributed by atoms with van der Waals surface area (Å²) in [6, 6.07) is 8.95. The Morgan fingerprint density at radius 2 is 2.15 bits per heavy atom. The van der Waals surface area contributed by atoms with Crippen LogP contribution in [0.1, 0.15) is 11.8 Å². The first-order chi connectivity index (χ1) is 9.65. The number of benzene rings is 1. The molecule has 0 aliphatic rings. The van der Waals surface area contributed by atoms with Crippen molar-refractivity contribution in [2.24, 2.45) is 0 Å². The van der Waals surface area contributed by atoms with E-state index in [0.29, 0.717) is 5.82 Å². The summed E-state index contributed by atoms with van der Waals surface area (Å²) in [5.74, 6) is 0.854. The fraction of sp³-hybridized carbons (Fsp3) is 0.143. The van der Waals surface area contributed by atoms with E-state index in [1.807, 2.05) is 6.07 Å². The molecule has 0 aliphatic heterocycles. The van der Waals surface area contributed by atoms with Crippen molar-refractivity contribution in [1.82, 2.24) is 9.97 Å². The molecule has 102 valence electrons. The highest BCUT2D eigenvalue weighted by molar-refractivity contribution is 7.18. The Hall–Kier alpha value is -1.85. The zero-order valence-corrected chi connectivity index (χ0v) is 12.3. The number of aryl methyl sites for hydroxylation is 1. The maximum atomic E-state index is 9.50. The number of aromatic nitrogens is 2. The lowest BCUT2D eigenvalue weighted by Gasteiger charge is -2.07. The van der Waals surface area contributed by atoms with Crippen LogP contribution in [0, 0.1) is 0 Å². The highest BCUT2D eigenvalue weighted by Gasteiger charge is 2.11. The van der Waals surface area contributed by atoms with Crippen molar-refractivity contribution in [2.45, 2.75) is 13.3 Å². The molecule has 3 rings (SSSR count). The van der Waals surface area contributed by atoms with Gasteiger partial charge in [-0.2, -0.15) is 4.98 Å². The minimum absolute atomic E-state index is 0.200. The molecule has 0 bridgehead atoms. The van der Waals surface area contributed by atoms with Gasteiger partial charge in [0, 0.05) is 16.6 Å². The quantitative estimate of drug-likeness (QED) is 0.706. The molecule has 20 heavy (non-hydrogen) atoms. The van der Waals surface area contributed by atoms with Crippen LogP contribution in [-0.2, 0) is 6.42 Å². The van der Waals surface area contributed by atoms with Crippen molar-refractivity contribution in [3.63, 3.8) is 0 Å². The maximum Gasteiger partial charge on any atom is 0.225 e. The van der Waals surface area contributed by atoms with Gasteiger partial charge in [0.25, 0.3) is 0 Å². The Labute approximate surface area is 125 Å². The average molecular weight is 306 g/mol. The molecule has 0 atom stereocenters. The predicted octanol–water partition coefficient (Wildman–Crippen LogP) is 4.36. The maximum absolute atomic E-state index is 9.50. The van der Waals surface area contributed by atoms with Gasteiger partial charge in [0.2, 0.25) is 5.28 Å². The van der Waals surface area contributed by atoms with Crippen molar-refractivity contribution in [1.29, 1.82) is 0 Å². The van der Waals surface area contributed by atoms with Gasteiger partial charge in [-0.05, 0) is 36.2 Å². The van der Waals surface area contributed by atoms with E-state index in [4.69, 9.17) is 11.6 Å². The van der Waals surface area contributed by atoms with Gasteiger partial charge >= 0.3 is 0 Å². The number of phenolic OH excluding ortho intramolecular Hbond substituents is 1. The van der Waals surface area contributed by atoms with Gasteiger partial charge < -0.3 is 10.4 Å². The molecule has 0 unspecified atom stereocenters. The van der Waals surface area contributed by atoms with Crippen LogP contribution < -0.4 is 5.32 Å². The molecule has 2 heterocycles. The smallest absolute Gasteiger partial charge is 0.225 e. The summed E-state index contributed by atoms with van der Waals surface area (Å²) in [7, 11) is 0. The monoisotopic (exact) mass is 305 g/mol. The van der Waals surface area contributed by atoms with Gasteiger partial charge in [0.1, 0.15) is 16.4 Å². The summed E-state index contributed by atoms with van der Waals surface area (Å²) in [6.07, 6.45) is 0.949. The van der Waals surface area contributed by atoms with Crippen molar-refractivity contribution in [2.75, 3.05) is 5.32 Å². The number of hydrogen-bond acceptors (Lipinski definition) is 5. The number of nitrogens with one attached hydrogen (secondary N) is 1. The van der Waals surface area contributed by atoms with Crippen molar-refractivity contribution >= 4 is 44.7 Å². The van der Waals surface area contributed by atoms with Crippen LogP contribution in [0.2, 0.25) is 5.28 Å². The largest absolute Gasteiger partial charge is 0.508 e. The number of halogens is 1. The molecular weight excluding hydrogens is 294 g/mol. The molecule has 1 aromatic carbocycles. The van der Waals surface area contributed by atoms with Gasteiger partial charge in [0.15, 0.2) is 0 Å². The van der Waals surface area contributed by atoms with Gasteiger partial charge in [-0.25, -0.2) is 4.98 Å². The first kappa shape index (κ1) is 13.1. The van der Waals surface area contributed by atoms with Crippen LogP contribution in [0.5, 0.6) is 5.75 Å². The first-order valence-corrected chi connectivity index (χ1v) is 7.37. The molecule has 0 saturated carbocycles. The van der Waals surface area contributed by atoms with E-state index in [2.05, 4.69) is 28.3 Å². The molecule has 0 aliphatic carbocycles. The molecular formula is C14H12ClN3OS. The summed E-state index contributed by atoms with van der Waals surface area (Å²) >= 11 is 7.58. The molecule has 6 heteroatoms. The minimum Gasteiger partial charge on any atom is -0.508 e. The highest BCUT2D eigenvalue weighted by atomic mass is 35.5. The predicted molar refractivity (Wildman–Crippen MR) is 83.2 cm³/mol. The van der Waals surface area contributed by atoms with Gasteiger partial charge in [-0.3, -0.25) is 0 Å². The van der Waals surface area contributed by atoms with Crippen LogP contribution in [0.15, 0.2) is 30.3 Å². The summed E-state index contributed by atoms with van der Waals surface area (Å²) in [6.45, 7) is 2.10. The van der Waals surface area contributed by atoms with E-state index in [0.717, 1.165) is 22.3 Å². The number of fused-ring (bicyclic) bond motifs is 1. The Morgan fingerprint density at radius 1 is 1.30 bits per heavy atom. The molecule has 0 fully saturated rings. The standard InChI is InChI=1S/C14H12ClN3OS/c1-2-10-7-11-12(17-14(15)18-13(11)20-10)16-8-4-3-5-9(19)6-8/h3-7,19H,2H2,1H3,(H,16,17,18). The number of thiophene rings is 1. The number of rotatable bonds is 3. The number of aromatic hydroxyl groups is 1. The summed E-state index contributed by atoms with van der Waals surface area (Å²) in [4.78, 5) is 10.6. The zero-order chi connectivity index (χ0) is 14.1. The SMILES string of the molecule is CCc1cc2c(Nc3cccc(O)c3)nc(Cl)nc2s1. The number of hydrogen-bond donors (Lipinski definition) is 2. The zero-order valence-electron chi connectivity index (χ0n) is 10.7. The fourth-order valence-corrected chi connectivity index (χ4v) is 3.12. The normalized spacial score (nSPS) is 10.9. The topological polar surface area (TPSA) is 58.0 Å². The van der Waals surface area contributed by atoms with Crippen LogP contribution in [0.3, 0.4) is 0 Å². The second-order valence-corrected chi connectivity index (χ2v) is 5.75. The van der Waals surface area contributed by atoms with E-state index >= 15 is 0 Å². The van der Waals surface area contributed by atoms with E-state index < -0.39 is 0 Å². The van der Waals surface area contributed by atoms with Crippen LogP contribution in [0.25, 0.3) is 10.2 Å². The lowest BCUT2D eigenvalue weighted by atomic mass is 10.2. The Morgan fingerprint density at radius 3 is 2.90 bits per heavy atom. The Kier molecular flexibility index (Phi) is 3.46. The van der Waals surface area contributed by atoms with E-state index in [-0.39, 0.29) is 11.0 Å². The van der Waals surface area contributed by atoms with Crippen LogP contribution >= 0.6 is 22.9 Å². The van der Waals surface area contributed by atoms with E-state index in [1.54, 1.807) is 29.5 Å². The lowest BCUT2D eigenvalue weighted by Crippen LogP contribution is -1.95. The van der Waals surface area contributed by atoms with Crippen molar-refractivity contribution in [3.8, 4) is 5.75 Å². The third kappa shape index (κ3) is 2.55. The fourth-order valence-electron chi connectivity index (χ4n) is 1.94. The van der Waals surface area contributed by atoms with Gasteiger partial charge in [-0.15, -0.1) is 11.3 Å². The van der Waals surface area contributed by atoms with Gasteiger partial charge in [0.05, 0.1) is 5.39 Å². The molecule has 2 aromatic heterocycles. The Bertz CT molecular complexity index is 772. The second-order valence-electron chi connectivity index (χ2n) is 4.30. The molecule has 0 amide bonds. The number of phenols is 1. The van der Waals surface area contributed by atoms with Crippen molar-refractivity contribution in [3.05, 3.63) is 40.5 Å². The molecule has 0 spiro atoms. The van der Waals surface area contributed by atoms with Crippen molar-refractivity contribution < 1.29 is 5.11 Å². The summed E-state index contributed by atoms with van der Waals surface area (Å²) < 4.78 is 0. The second kappa shape index (κ2) is 5.26. The lowest BCUT2D eigenvalue weighted by molar-refractivity contribution is 0.475. The van der Waals surface area contributed by atoms with E-state index in [1.165, 1.54) is 4.88 Å². The third-order valence-electron chi connectivity index (χ3n) is 2.87. The van der Waals surface area contributed by atoms with Gasteiger partial charge in [-0.1, -0.05) is 13.0 Å². The molecule has 0 saturated heterocycles. The third-order valence-corrected chi connectivity index (χ3v) is 4.22. The number of nitrogens with zero attached hydrogens (tertiary/aromatic N) is 2.